The molecule has 0 aliphatic heterocycles. The third-order valence-corrected chi connectivity index (χ3v) is 3.22. The van der Waals surface area contributed by atoms with Gasteiger partial charge in [-0.25, -0.2) is 0 Å². The van der Waals surface area contributed by atoms with Crippen LogP contribution in [0.25, 0.3) is 11.4 Å². The maximum Gasteiger partial charge on any atom is 0.252 e. The normalized spacial score (nSPS) is 11.0. The van der Waals surface area contributed by atoms with Gasteiger partial charge in [0.15, 0.2) is 0 Å². The molecule has 0 amide bonds. The molecule has 0 fully saturated rings. The largest absolute Gasteiger partial charge is 0.387 e. The number of rotatable bonds is 4. The Morgan fingerprint density at radius 1 is 1.24 bits per heavy atom. The lowest BCUT2D eigenvalue weighted by Gasteiger charge is -2.05. The fraction of sp³-hybridized carbons (Fsp3) is 0.267. The summed E-state index contributed by atoms with van der Waals surface area (Å²) in [5.74, 6) is 0.697. The fourth-order valence-electron chi connectivity index (χ4n) is 2.25. The highest BCUT2D eigenvalue weighted by atomic mass is 16.5. The van der Waals surface area contributed by atoms with Gasteiger partial charge in [-0.2, -0.15) is 10.1 Å². The van der Waals surface area contributed by atoms with Crippen molar-refractivity contribution in [3.8, 4) is 11.4 Å². The lowest BCUT2D eigenvalue weighted by Crippen LogP contribution is -2.04. The van der Waals surface area contributed by atoms with Crippen molar-refractivity contribution < 1.29 is 9.63 Å². The highest BCUT2D eigenvalue weighted by molar-refractivity contribution is 5.55. The van der Waals surface area contributed by atoms with Crippen molar-refractivity contribution in [1.29, 1.82) is 0 Å². The number of benzene rings is 1. The average Bonchev–Trinajstić information content (AvgIpc) is 3.06. The van der Waals surface area contributed by atoms with Gasteiger partial charge < -0.3 is 9.63 Å². The topological polar surface area (TPSA) is 77.0 Å². The number of nitrogens with zero attached hydrogens (tertiary/aromatic N) is 4. The molecule has 0 atom stereocenters. The number of aromatic nitrogens is 4. The molecule has 6 heteroatoms. The Hall–Kier alpha value is -2.47. The summed E-state index contributed by atoms with van der Waals surface area (Å²) in [5, 5.41) is 17.3. The summed E-state index contributed by atoms with van der Waals surface area (Å²) < 4.78 is 6.88. The van der Waals surface area contributed by atoms with E-state index in [1.54, 1.807) is 0 Å². The first kappa shape index (κ1) is 13.5. The van der Waals surface area contributed by atoms with Gasteiger partial charge in [-0.15, -0.1) is 0 Å². The van der Waals surface area contributed by atoms with Crippen LogP contribution in [0, 0.1) is 13.8 Å². The van der Waals surface area contributed by atoms with E-state index < -0.39 is 0 Å². The molecule has 0 unspecified atom stereocenters. The van der Waals surface area contributed by atoms with Crippen LogP contribution in [0.2, 0.25) is 0 Å². The fourth-order valence-corrected chi connectivity index (χ4v) is 2.25. The lowest BCUT2D eigenvalue weighted by molar-refractivity contribution is 0.222. The number of hydrogen-bond donors (Lipinski definition) is 1. The minimum atomic E-state index is -0.252. The van der Waals surface area contributed by atoms with Crippen molar-refractivity contribution in [3.05, 3.63) is 53.2 Å². The molecule has 21 heavy (non-hydrogen) atoms. The quantitative estimate of drug-likeness (QED) is 0.793. The van der Waals surface area contributed by atoms with Gasteiger partial charge in [-0.3, -0.25) is 4.68 Å². The zero-order chi connectivity index (χ0) is 14.8. The van der Waals surface area contributed by atoms with E-state index >= 15 is 0 Å². The van der Waals surface area contributed by atoms with Gasteiger partial charge in [0.1, 0.15) is 6.61 Å². The van der Waals surface area contributed by atoms with Crippen LogP contribution in [0.1, 0.15) is 22.8 Å². The lowest BCUT2D eigenvalue weighted by atomic mass is 10.1. The second-order valence-corrected chi connectivity index (χ2v) is 4.95. The number of aliphatic hydroxyl groups excluding tert-OH is 1. The molecule has 0 bridgehead atoms. The monoisotopic (exact) mass is 284 g/mol. The molecule has 0 saturated carbocycles. The maximum absolute atomic E-state index is 8.97. The Morgan fingerprint density at radius 3 is 2.76 bits per heavy atom. The van der Waals surface area contributed by atoms with Crippen LogP contribution in [0.3, 0.4) is 0 Å². The summed E-state index contributed by atoms with van der Waals surface area (Å²) in [6, 6.07) is 9.95. The zero-order valence-corrected chi connectivity index (χ0v) is 11.9. The predicted molar refractivity (Wildman–Crippen MR) is 76.5 cm³/mol. The Bertz CT molecular complexity index is 761. The van der Waals surface area contributed by atoms with E-state index in [1.807, 2.05) is 42.8 Å². The summed E-state index contributed by atoms with van der Waals surface area (Å²) in [5.41, 5.74) is 4.10. The molecule has 0 spiro atoms. The molecule has 0 saturated heterocycles. The average molecular weight is 284 g/mol. The molecule has 108 valence electrons. The van der Waals surface area contributed by atoms with Gasteiger partial charge >= 0.3 is 0 Å². The highest BCUT2D eigenvalue weighted by Gasteiger charge is 2.09. The second kappa shape index (κ2) is 5.49. The number of aryl methyl sites for hydroxylation is 2. The van der Waals surface area contributed by atoms with Crippen molar-refractivity contribution in [2.75, 3.05) is 0 Å². The van der Waals surface area contributed by atoms with Crippen LogP contribution in [0.15, 0.2) is 34.9 Å². The Morgan fingerprint density at radius 2 is 2.10 bits per heavy atom. The molecule has 0 radical (unpaired) electrons. The van der Waals surface area contributed by atoms with Crippen LogP contribution in [-0.2, 0) is 13.2 Å². The van der Waals surface area contributed by atoms with Crippen LogP contribution >= 0.6 is 0 Å². The first-order valence-corrected chi connectivity index (χ1v) is 6.69. The maximum atomic E-state index is 8.97. The second-order valence-electron chi connectivity index (χ2n) is 4.95. The Labute approximate surface area is 122 Å². The molecule has 3 aromatic rings. The third-order valence-electron chi connectivity index (χ3n) is 3.22. The van der Waals surface area contributed by atoms with Gasteiger partial charge in [0.2, 0.25) is 5.82 Å². The predicted octanol–water partition coefficient (Wildman–Crippen LogP) is 2.09. The van der Waals surface area contributed by atoms with E-state index in [0.717, 1.165) is 22.5 Å². The molecular weight excluding hydrogens is 268 g/mol. The Balaban J connectivity index is 1.87. The molecule has 0 aliphatic carbocycles. The summed E-state index contributed by atoms with van der Waals surface area (Å²) in [4.78, 5) is 4.12. The Kier molecular flexibility index (Phi) is 3.53. The highest BCUT2D eigenvalue weighted by Crippen LogP contribution is 2.18. The van der Waals surface area contributed by atoms with Gasteiger partial charge in [-0.1, -0.05) is 23.4 Å². The third kappa shape index (κ3) is 2.85. The minimum absolute atomic E-state index is 0.217. The van der Waals surface area contributed by atoms with Gasteiger partial charge in [-0.05, 0) is 31.5 Å². The van der Waals surface area contributed by atoms with Crippen LogP contribution in [0.5, 0.6) is 0 Å². The van der Waals surface area contributed by atoms with Gasteiger partial charge in [0.25, 0.3) is 5.89 Å². The summed E-state index contributed by atoms with van der Waals surface area (Å²) in [7, 11) is 0. The zero-order valence-electron chi connectivity index (χ0n) is 11.9. The van der Waals surface area contributed by atoms with Crippen LogP contribution in [0.4, 0.5) is 0 Å². The molecule has 6 nitrogen and oxygen atoms in total. The molecular formula is C15H16N4O2. The van der Waals surface area contributed by atoms with Crippen LogP contribution in [-0.4, -0.2) is 25.0 Å². The molecule has 1 aromatic carbocycles. The van der Waals surface area contributed by atoms with E-state index in [-0.39, 0.29) is 12.5 Å². The van der Waals surface area contributed by atoms with Crippen molar-refractivity contribution in [3.63, 3.8) is 0 Å². The summed E-state index contributed by atoms with van der Waals surface area (Å²) in [6.45, 7) is 4.46. The number of hydrogen-bond acceptors (Lipinski definition) is 5. The minimum Gasteiger partial charge on any atom is -0.387 e. The molecule has 0 aliphatic rings. The van der Waals surface area contributed by atoms with E-state index in [2.05, 4.69) is 21.3 Å². The number of aliphatic hydroxyl groups is 1. The first-order valence-electron chi connectivity index (χ1n) is 6.69. The summed E-state index contributed by atoms with van der Waals surface area (Å²) in [6.07, 6.45) is 0. The van der Waals surface area contributed by atoms with E-state index in [4.69, 9.17) is 9.63 Å². The SMILES string of the molecule is Cc1cc(C)n(Cc2cccc(-c3noc(CO)n3)c2)n1. The molecule has 1 N–H and O–H groups in total. The van der Waals surface area contributed by atoms with Gasteiger partial charge in [0.05, 0.1) is 12.2 Å². The van der Waals surface area contributed by atoms with Gasteiger partial charge in [0, 0.05) is 11.3 Å². The van der Waals surface area contributed by atoms with E-state index in [9.17, 15) is 0 Å². The first-order chi connectivity index (χ1) is 10.2. The van der Waals surface area contributed by atoms with Crippen molar-refractivity contribution in [2.24, 2.45) is 0 Å². The van der Waals surface area contributed by atoms with Crippen LogP contribution < -0.4 is 0 Å². The molecule has 2 heterocycles. The van der Waals surface area contributed by atoms with Crippen molar-refractivity contribution >= 4 is 0 Å². The van der Waals surface area contributed by atoms with E-state index in [1.165, 1.54) is 0 Å². The smallest absolute Gasteiger partial charge is 0.252 e. The molecule has 3 rings (SSSR count). The summed E-state index contributed by atoms with van der Waals surface area (Å²) >= 11 is 0. The van der Waals surface area contributed by atoms with Crippen molar-refractivity contribution in [2.45, 2.75) is 27.0 Å². The standard InChI is InChI=1S/C15H16N4O2/c1-10-6-11(2)19(17-10)8-12-4-3-5-13(7-12)15-16-14(9-20)21-18-15/h3-7,20H,8-9H2,1-2H3. The van der Waals surface area contributed by atoms with E-state index in [0.29, 0.717) is 12.4 Å². The molecule has 2 aromatic heterocycles. The van der Waals surface area contributed by atoms with Crippen molar-refractivity contribution in [1.82, 2.24) is 19.9 Å².